The molecule has 0 unspecified atom stereocenters. The second-order valence-corrected chi connectivity index (χ2v) is 6.87. The van der Waals surface area contributed by atoms with E-state index < -0.39 is 0 Å². The van der Waals surface area contributed by atoms with Crippen LogP contribution in [0.25, 0.3) is 11.5 Å². The molecule has 0 atom stereocenters. The standard InChI is InChI=1S/C19H21N7/c1-5-25-11-9-19(3,4)15(25)12-21-16-13(2)24-26-17(22-23-18(16)26)14-8-6-7-10-20-14/h6-12H,5H2,1-4H3/b15-12-,21-16?. The molecule has 0 amide bonds. The molecule has 0 saturated heterocycles. The van der Waals surface area contributed by atoms with Crippen LogP contribution in [0.1, 0.15) is 33.5 Å². The van der Waals surface area contributed by atoms with Crippen molar-refractivity contribution in [2.45, 2.75) is 27.7 Å². The highest BCUT2D eigenvalue weighted by atomic mass is 15.5. The number of pyridine rings is 1. The molecule has 132 valence electrons. The zero-order valence-electron chi connectivity index (χ0n) is 15.4. The first-order chi connectivity index (χ1) is 12.5. The smallest absolute Gasteiger partial charge is 0.205 e. The monoisotopic (exact) mass is 347 g/mol. The highest BCUT2D eigenvalue weighted by Crippen LogP contribution is 2.36. The number of aromatic nitrogens is 4. The van der Waals surface area contributed by atoms with E-state index in [1.54, 1.807) is 10.9 Å². The van der Waals surface area contributed by atoms with E-state index in [0.29, 0.717) is 11.6 Å². The fourth-order valence-electron chi connectivity index (χ4n) is 3.14. The number of aliphatic imine (C=N–C) groups is 1. The van der Waals surface area contributed by atoms with Crippen LogP contribution in [0.5, 0.6) is 0 Å². The van der Waals surface area contributed by atoms with E-state index in [1.165, 1.54) is 0 Å². The molecule has 7 heteroatoms. The Balaban J connectivity index is 1.74. The van der Waals surface area contributed by atoms with Gasteiger partial charge in [-0.15, -0.1) is 10.2 Å². The van der Waals surface area contributed by atoms with Crippen LogP contribution in [0.2, 0.25) is 0 Å². The van der Waals surface area contributed by atoms with E-state index in [4.69, 9.17) is 4.99 Å². The van der Waals surface area contributed by atoms with Gasteiger partial charge in [-0.2, -0.15) is 9.78 Å². The lowest BCUT2D eigenvalue weighted by atomic mass is 9.92. The zero-order valence-corrected chi connectivity index (χ0v) is 15.4. The number of hydrogen-bond acceptors (Lipinski definition) is 6. The predicted molar refractivity (Wildman–Crippen MR) is 102 cm³/mol. The maximum Gasteiger partial charge on any atom is 0.205 e. The molecule has 0 aliphatic carbocycles. The van der Waals surface area contributed by atoms with Gasteiger partial charge < -0.3 is 4.90 Å². The highest BCUT2D eigenvalue weighted by Gasteiger charge is 2.30. The van der Waals surface area contributed by atoms with Crippen LogP contribution in [0.3, 0.4) is 0 Å². The summed E-state index contributed by atoms with van der Waals surface area (Å²) >= 11 is 0. The van der Waals surface area contributed by atoms with Gasteiger partial charge in [0, 0.05) is 36.3 Å². The molecule has 0 saturated carbocycles. The van der Waals surface area contributed by atoms with Crippen molar-refractivity contribution in [3.05, 3.63) is 54.4 Å². The molecule has 0 aromatic carbocycles. The van der Waals surface area contributed by atoms with Crippen molar-refractivity contribution in [3.63, 3.8) is 0 Å². The van der Waals surface area contributed by atoms with Crippen LogP contribution in [-0.2, 0) is 0 Å². The van der Waals surface area contributed by atoms with Gasteiger partial charge in [0.15, 0.2) is 0 Å². The molecule has 4 heterocycles. The zero-order chi connectivity index (χ0) is 18.3. The summed E-state index contributed by atoms with van der Waals surface area (Å²) in [7, 11) is 0. The average molecular weight is 347 g/mol. The first kappa shape index (κ1) is 16.4. The van der Waals surface area contributed by atoms with Crippen molar-refractivity contribution >= 4 is 11.4 Å². The van der Waals surface area contributed by atoms with Gasteiger partial charge in [0.2, 0.25) is 11.6 Å². The second-order valence-electron chi connectivity index (χ2n) is 6.87. The first-order valence-electron chi connectivity index (χ1n) is 8.69. The molecule has 4 rings (SSSR count). The molecule has 0 radical (unpaired) electrons. The summed E-state index contributed by atoms with van der Waals surface area (Å²) in [6.07, 6.45) is 7.96. The second kappa shape index (κ2) is 6.01. The molecule has 2 aromatic heterocycles. The summed E-state index contributed by atoms with van der Waals surface area (Å²) in [6, 6.07) is 5.68. The number of fused-ring (bicyclic) bond motifs is 1. The number of rotatable bonds is 3. The van der Waals surface area contributed by atoms with Gasteiger partial charge in [-0.05, 0) is 26.0 Å². The van der Waals surface area contributed by atoms with Gasteiger partial charge >= 0.3 is 0 Å². The molecule has 0 N–H and O–H groups in total. The third kappa shape index (κ3) is 2.56. The minimum atomic E-state index is -0.0451. The Morgan fingerprint density at radius 1 is 1.19 bits per heavy atom. The van der Waals surface area contributed by atoms with Gasteiger partial charge in [0.25, 0.3) is 0 Å². The lowest BCUT2D eigenvalue weighted by Gasteiger charge is -2.24. The van der Waals surface area contributed by atoms with Crippen molar-refractivity contribution in [1.82, 2.24) is 24.8 Å². The summed E-state index contributed by atoms with van der Waals surface area (Å²) in [5, 5.41) is 13.1. The van der Waals surface area contributed by atoms with Crippen LogP contribution in [-0.4, -0.2) is 42.7 Å². The summed E-state index contributed by atoms with van der Waals surface area (Å²) in [6.45, 7) is 9.34. The molecule has 2 aliphatic rings. The van der Waals surface area contributed by atoms with E-state index in [1.807, 2.05) is 31.3 Å². The molecule has 2 aromatic rings. The molecule has 0 bridgehead atoms. The van der Waals surface area contributed by atoms with Crippen LogP contribution >= 0.6 is 0 Å². The molecule has 2 aliphatic heterocycles. The third-order valence-electron chi connectivity index (χ3n) is 4.64. The minimum absolute atomic E-state index is 0.0451. The fraction of sp³-hybridized carbons (Fsp3) is 0.316. The van der Waals surface area contributed by atoms with Gasteiger partial charge in [0.1, 0.15) is 11.4 Å². The van der Waals surface area contributed by atoms with Crippen molar-refractivity contribution < 1.29 is 0 Å². The normalized spacial score (nSPS) is 20.9. The topological polar surface area (TPSA) is 71.6 Å². The molecular weight excluding hydrogens is 326 g/mol. The van der Waals surface area contributed by atoms with E-state index in [2.05, 4.69) is 58.2 Å². The Bertz CT molecular complexity index is 961. The summed E-state index contributed by atoms with van der Waals surface area (Å²) in [4.78, 5) is 11.3. The number of nitrogens with zero attached hydrogens (tertiary/aromatic N) is 7. The summed E-state index contributed by atoms with van der Waals surface area (Å²) in [5.41, 5.74) is 3.40. The minimum Gasteiger partial charge on any atom is -0.350 e. The lowest BCUT2D eigenvalue weighted by molar-refractivity contribution is 0.420. The molecule has 26 heavy (non-hydrogen) atoms. The number of hydrogen-bond donors (Lipinski definition) is 0. The summed E-state index contributed by atoms with van der Waals surface area (Å²) < 4.78 is 1.71. The quantitative estimate of drug-likeness (QED) is 0.855. The van der Waals surface area contributed by atoms with E-state index in [-0.39, 0.29) is 5.41 Å². The van der Waals surface area contributed by atoms with Crippen molar-refractivity contribution in [1.29, 1.82) is 0 Å². The van der Waals surface area contributed by atoms with Gasteiger partial charge in [-0.1, -0.05) is 26.0 Å². The van der Waals surface area contributed by atoms with Crippen molar-refractivity contribution in [2.75, 3.05) is 6.54 Å². The van der Waals surface area contributed by atoms with E-state index in [0.717, 1.165) is 29.4 Å². The van der Waals surface area contributed by atoms with E-state index >= 15 is 0 Å². The van der Waals surface area contributed by atoms with Gasteiger partial charge in [0.05, 0.1) is 5.71 Å². The molecule has 0 spiro atoms. The molecule has 7 nitrogen and oxygen atoms in total. The Morgan fingerprint density at radius 3 is 2.73 bits per heavy atom. The fourth-order valence-corrected chi connectivity index (χ4v) is 3.14. The Morgan fingerprint density at radius 2 is 2.00 bits per heavy atom. The lowest BCUT2D eigenvalue weighted by Crippen LogP contribution is -2.20. The highest BCUT2D eigenvalue weighted by molar-refractivity contribution is 6.48. The average Bonchev–Trinajstić information content (AvgIpc) is 3.26. The van der Waals surface area contributed by atoms with Crippen molar-refractivity contribution in [3.8, 4) is 11.5 Å². The Labute approximate surface area is 152 Å². The Kier molecular flexibility index (Phi) is 3.79. The largest absolute Gasteiger partial charge is 0.350 e. The van der Waals surface area contributed by atoms with Crippen LogP contribution in [0.4, 0.5) is 0 Å². The third-order valence-corrected chi connectivity index (χ3v) is 4.64. The van der Waals surface area contributed by atoms with Crippen LogP contribution in [0, 0.1) is 5.41 Å². The van der Waals surface area contributed by atoms with Crippen LogP contribution in [0.15, 0.2) is 58.7 Å². The van der Waals surface area contributed by atoms with Gasteiger partial charge in [-0.3, -0.25) is 4.98 Å². The maximum atomic E-state index is 4.73. The Hall–Kier alpha value is -3.09. The summed E-state index contributed by atoms with van der Waals surface area (Å²) in [5.74, 6) is 1.27. The predicted octanol–water partition coefficient (Wildman–Crippen LogP) is 3.08. The van der Waals surface area contributed by atoms with Crippen LogP contribution < -0.4 is 0 Å². The van der Waals surface area contributed by atoms with Crippen molar-refractivity contribution in [2.24, 2.45) is 15.5 Å². The molecule has 0 fully saturated rings. The van der Waals surface area contributed by atoms with E-state index in [9.17, 15) is 0 Å². The number of allylic oxidation sites excluding steroid dienone is 1. The molecular formula is C19H21N7. The first-order valence-corrected chi connectivity index (χ1v) is 8.69. The van der Waals surface area contributed by atoms with Gasteiger partial charge in [-0.25, -0.2) is 4.99 Å². The SMILES string of the molecule is CCN1C=CC(C)(C)/C1=C/N=C1C(C)=Nn2c1nnc2-c1ccccn1. The maximum absolute atomic E-state index is 4.73.